The van der Waals surface area contributed by atoms with Crippen LogP contribution in [-0.2, 0) is 4.79 Å². The molecule has 0 radical (unpaired) electrons. The number of amides is 1. The van der Waals surface area contributed by atoms with Crippen LogP contribution in [0.5, 0.6) is 0 Å². The fourth-order valence-corrected chi connectivity index (χ4v) is 2.57. The molecule has 1 saturated heterocycles. The highest BCUT2D eigenvalue weighted by Crippen LogP contribution is 2.23. The molecule has 1 aliphatic rings. The van der Waals surface area contributed by atoms with Crippen LogP contribution in [0, 0.1) is 17.2 Å². The number of nitrogens with one attached hydrogen (secondary N) is 2. The number of benzene rings is 1. The molecule has 106 valence electrons. The lowest BCUT2D eigenvalue weighted by Crippen LogP contribution is -2.30. The number of nitriles is 1. The van der Waals surface area contributed by atoms with Gasteiger partial charge in [-0.25, -0.2) is 0 Å². The number of carbonyl (C=O) groups excluding carboxylic acids is 1. The van der Waals surface area contributed by atoms with Crippen LogP contribution in [0.2, 0.25) is 5.02 Å². The van der Waals surface area contributed by atoms with Crippen molar-refractivity contribution >= 4 is 23.2 Å². The maximum Gasteiger partial charge on any atom is 0.224 e. The van der Waals surface area contributed by atoms with Crippen LogP contribution in [0.4, 0.5) is 5.69 Å². The smallest absolute Gasteiger partial charge is 0.224 e. The Hall–Kier alpha value is -1.57. The van der Waals surface area contributed by atoms with Gasteiger partial charge in [0.2, 0.25) is 5.91 Å². The van der Waals surface area contributed by atoms with Crippen LogP contribution in [0.15, 0.2) is 18.2 Å². The number of piperidine rings is 1. The van der Waals surface area contributed by atoms with E-state index < -0.39 is 0 Å². The Morgan fingerprint density at radius 3 is 3.10 bits per heavy atom. The predicted octanol–water partition coefficient (Wildman–Crippen LogP) is 2.93. The first-order chi connectivity index (χ1) is 9.69. The summed E-state index contributed by atoms with van der Waals surface area (Å²) in [6.07, 6.45) is 3.74. The van der Waals surface area contributed by atoms with E-state index in [9.17, 15) is 4.79 Å². The number of hydrogen-bond donors (Lipinski definition) is 2. The van der Waals surface area contributed by atoms with Crippen molar-refractivity contribution in [1.82, 2.24) is 5.32 Å². The molecule has 0 aliphatic carbocycles. The van der Waals surface area contributed by atoms with Gasteiger partial charge in [-0.05, 0) is 56.5 Å². The average Bonchev–Trinajstić information content (AvgIpc) is 2.48. The largest absolute Gasteiger partial charge is 0.325 e. The summed E-state index contributed by atoms with van der Waals surface area (Å²) in [7, 11) is 0. The fraction of sp³-hybridized carbons (Fsp3) is 0.467. The molecule has 1 amide bonds. The SMILES string of the molecule is N#Cc1ccc(Cl)c(NC(=O)CCC2CCCNC2)c1. The van der Waals surface area contributed by atoms with Crippen LogP contribution >= 0.6 is 11.6 Å². The van der Waals surface area contributed by atoms with Crippen molar-refractivity contribution in [2.75, 3.05) is 18.4 Å². The number of halogens is 1. The molecule has 1 aliphatic heterocycles. The standard InChI is InChI=1S/C15H18ClN3O/c16-13-5-3-12(9-17)8-14(13)19-15(20)6-4-11-2-1-7-18-10-11/h3,5,8,11,18H,1-2,4,6-7,10H2,(H,19,20). The molecule has 0 aromatic heterocycles. The van der Waals surface area contributed by atoms with Gasteiger partial charge >= 0.3 is 0 Å². The first-order valence-electron chi connectivity index (χ1n) is 6.89. The van der Waals surface area contributed by atoms with Gasteiger partial charge in [0.15, 0.2) is 0 Å². The van der Waals surface area contributed by atoms with Crippen LogP contribution in [0.25, 0.3) is 0 Å². The van der Waals surface area contributed by atoms with Crippen LogP contribution in [-0.4, -0.2) is 19.0 Å². The lowest BCUT2D eigenvalue weighted by Gasteiger charge is -2.22. The summed E-state index contributed by atoms with van der Waals surface area (Å²) in [5.74, 6) is 0.531. The lowest BCUT2D eigenvalue weighted by molar-refractivity contribution is -0.116. The normalized spacial score (nSPS) is 18.3. The summed E-state index contributed by atoms with van der Waals surface area (Å²) in [6, 6.07) is 6.89. The van der Waals surface area contributed by atoms with E-state index in [1.54, 1.807) is 18.2 Å². The van der Waals surface area contributed by atoms with Crippen LogP contribution < -0.4 is 10.6 Å². The molecule has 0 saturated carbocycles. The second-order valence-corrected chi connectivity index (χ2v) is 5.51. The molecular weight excluding hydrogens is 274 g/mol. The summed E-state index contributed by atoms with van der Waals surface area (Å²) in [6.45, 7) is 2.08. The average molecular weight is 292 g/mol. The Morgan fingerprint density at radius 1 is 1.55 bits per heavy atom. The van der Waals surface area contributed by atoms with Gasteiger partial charge in [0.1, 0.15) is 0 Å². The Bertz CT molecular complexity index is 518. The van der Waals surface area contributed by atoms with E-state index in [0.717, 1.165) is 19.5 Å². The maximum absolute atomic E-state index is 11.9. The van der Waals surface area contributed by atoms with Crippen molar-refractivity contribution < 1.29 is 4.79 Å². The minimum Gasteiger partial charge on any atom is -0.325 e. The van der Waals surface area contributed by atoms with Gasteiger partial charge in [0, 0.05) is 6.42 Å². The van der Waals surface area contributed by atoms with E-state index in [4.69, 9.17) is 16.9 Å². The highest BCUT2D eigenvalue weighted by atomic mass is 35.5. The fourth-order valence-electron chi connectivity index (χ4n) is 2.41. The number of rotatable bonds is 4. The van der Waals surface area contributed by atoms with Crippen molar-refractivity contribution in [3.05, 3.63) is 28.8 Å². The van der Waals surface area contributed by atoms with E-state index in [1.165, 1.54) is 12.8 Å². The lowest BCUT2D eigenvalue weighted by atomic mass is 9.94. The molecule has 1 fully saturated rings. The van der Waals surface area contributed by atoms with Gasteiger partial charge in [-0.1, -0.05) is 11.6 Å². The van der Waals surface area contributed by atoms with Crippen molar-refractivity contribution in [2.45, 2.75) is 25.7 Å². The quantitative estimate of drug-likeness (QED) is 0.896. The molecule has 5 heteroatoms. The third-order valence-corrected chi connectivity index (χ3v) is 3.88. The minimum atomic E-state index is -0.0486. The molecule has 4 nitrogen and oxygen atoms in total. The zero-order chi connectivity index (χ0) is 14.4. The van der Waals surface area contributed by atoms with Gasteiger partial charge < -0.3 is 10.6 Å². The Labute approximate surface area is 124 Å². The first-order valence-corrected chi connectivity index (χ1v) is 7.27. The van der Waals surface area contributed by atoms with Crippen molar-refractivity contribution in [3.63, 3.8) is 0 Å². The van der Waals surface area contributed by atoms with E-state index in [-0.39, 0.29) is 5.91 Å². The topological polar surface area (TPSA) is 64.9 Å². The van der Waals surface area contributed by atoms with E-state index >= 15 is 0 Å². The number of anilines is 1. The van der Waals surface area contributed by atoms with E-state index in [0.29, 0.717) is 28.6 Å². The number of carbonyl (C=O) groups is 1. The zero-order valence-corrected chi connectivity index (χ0v) is 12.0. The second-order valence-electron chi connectivity index (χ2n) is 5.11. The summed E-state index contributed by atoms with van der Waals surface area (Å²) < 4.78 is 0. The van der Waals surface area contributed by atoms with Gasteiger partial charge in [-0.2, -0.15) is 5.26 Å². The molecule has 1 aromatic carbocycles. The van der Waals surface area contributed by atoms with Crippen LogP contribution in [0.1, 0.15) is 31.2 Å². The molecular formula is C15H18ClN3O. The summed E-state index contributed by atoms with van der Waals surface area (Å²) >= 11 is 6.01. The van der Waals surface area contributed by atoms with Crippen molar-refractivity contribution in [2.24, 2.45) is 5.92 Å². The van der Waals surface area contributed by atoms with Gasteiger partial charge in [-0.3, -0.25) is 4.79 Å². The highest BCUT2D eigenvalue weighted by Gasteiger charge is 2.15. The Kier molecular flexibility index (Phi) is 5.40. The minimum absolute atomic E-state index is 0.0486. The second kappa shape index (κ2) is 7.28. The monoisotopic (exact) mass is 291 g/mol. The van der Waals surface area contributed by atoms with Crippen LogP contribution in [0.3, 0.4) is 0 Å². The van der Waals surface area contributed by atoms with E-state index in [2.05, 4.69) is 10.6 Å². The molecule has 2 N–H and O–H groups in total. The summed E-state index contributed by atoms with van der Waals surface area (Å²) in [5, 5.41) is 15.4. The first kappa shape index (κ1) is 14.8. The molecule has 1 heterocycles. The van der Waals surface area contributed by atoms with Gasteiger partial charge in [0.05, 0.1) is 22.3 Å². The molecule has 20 heavy (non-hydrogen) atoms. The Balaban J connectivity index is 1.86. The third kappa shape index (κ3) is 4.22. The highest BCUT2D eigenvalue weighted by molar-refractivity contribution is 6.33. The summed E-state index contributed by atoms with van der Waals surface area (Å²) in [5.41, 5.74) is 0.999. The van der Waals surface area contributed by atoms with Crippen molar-refractivity contribution in [3.8, 4) is 6.07 Å². The molecule has 1 aromatic rings. The van der Waals surface area contributed by atoms with E-state index in [1.807, 2.05) is 6.07 Å². The molecule has 2 rings (SSSR count). The zero-order valence-electron chi connectivity index (χ0n) is 11.3. The Morgan fingerprint density at radius 2 is 2.40 bits per heavy atom. The van der Waals surface area contributed by atoms with Crippen molar-refractivity contribution in [1.29, 1.82) is 5.26 Å². The summed E-state index contributed by atoms with van der Waals surface area (Å²) in [4.78, 5) is 11.9. The number of hydrogen-bond acceptors (Lipinski definition) is 3. The maximum atomic E-state index is 11.9. The predicted molar refractivity (Wildman–Crippen MR) is 79.6 cm³/mol. The molecule has 1 unspecified atom stereocenters. The van der Waals surface area contributed by atoms with Gasteiger partial charge in [-0.15, -0.1) is 0 Å². The molecule has 1 atom stereocenters. The molecule has 0 bridgehead atoms. The molecule has 0 spiro atoms. The third-order valence-electron chi connectivity index (χ3n) is 3.55. The van der Waals surface area contributed by atoms with Gasteiger partial charge in [0.25, 0.3) is 0 Å². The number of nitrogens with zero attached hydrogens (tertiary/aromatic N) is 1.